The molecule has 0 spiro atoms. The van der Waals surface area contributed by atoms with Crippen molar-refractivity contribution in [1.29, 1.82) is 0 Å². The van der Waals surface area contributed by atoms with Crippen molar-refractivity contribution in [1.82, 2.24) is 0 Å². The standard InChI is InChI=1S/C15H16O2S2/c1-16-12-5-3-7-14(9-12)18-11-19-15-8-4-6-13(10-15)17-2/h3-10H,11H2,1-2H3. The van der Waals surface area contributed by atoms with E-state index >= 15 is 0 Å². The molecule has 100 valence electrons. The summed E-state index contributed by atoms with van der Waals surface area (Å²) in [5.74, 6) is 1.80. The SMILES string of the molecule is COc1cccc(SCSc2cccc(OC)c2)c1. The van der Waals surface area contributed by atoms with E-state index in [2.05, 4.69) is 24.3 Å². The first-order chi connectivity index (χ1) is 9.31. The van der Waals surface area contributed by atoms with Gasteiger partial charge in [-0.25, -0.2) is 0 Å². The zero-order valence-corrected chi connectivity index (χ0v) is 12.6. The normalized spacial score (nSPS) is 10.2. The summed E-state index contributed by atoms with van der Waals surface area (Å²) in [5, 5.41) is 0.959. The average molecular weight is 292 g/mol. The highest BCUT2D eigenvalue weighted by atomic mass is 32.2. The van der Waals surface area contributed by atoms with E-state index in [1.54, 1.807) is 37.7 Å². The van der Waals surface area contributed by atoms with E-state index in [1.807, 2.05) is 24.3 Å². The van der Waals surface area contributed by atoms with Gasteiger partial charge < -0.3 is 9.47 Å². The van der Waals surface area contributed by atoms with Crippen LogP contribution in [0.1, 0.15) is 0 Å². The molecule has 2 aromatic carbocycles. The average Bonchev–Trinajstić information content (AvgIpc) is 2.48. The van der Waals surface area contributed by atoms with Crippen LogP contribution in [-0.4, -0.2) is 19.3 Å². The maximum atomic E-state index is 5.21. The third-order valence-corrected chi connectivity index (χ3v) is 4.65. The Morgan fingerprint density at radius 2 is 1.26 bits per heavy atom. The van der Waals surface area contributed by atoms with Crippen LogP contribution in [0.3, 0.4) is 0 Å². The first-order valence-corrected chi connectivity index (χ1v) is 7.82. The Morgan fingerprint density at radius 3 is 1.68 bits per heavy atom. The van der Waals surface area contributed by atoms with E-state index in [0.717, 1.165) is 16.6 Å². The lowest BCUT2D eigenvalue weighted by atomic mass is 10.3. The van der Waals surface area contributed by atoms with Crippen LogP contribution in [-0.2, 0) is 0 Å². The summed E-state index contributed by atoms with van der Waals surface area (Å²) in [6, 6.07) is 16.2. The first kappa shape index (κ1) is 14.2. The number of thioether (sulfide) groups is 2. The van der Waals surface area contributed by atoms with Crippen LogP contribution in [0.25, 0.3) is 0 Å². The third-order valence-electron chi connectivity index (χ3n) is 2.53. The Morgan fingerprint density at radius 1 is 0.789 bits per heavy atom. The lowest BCUT2D eigenvalue weighted by Crippen LogP contribution is -1.83. The molecular weight excluding hydrogens is 276 g/mol. The molecule has 2 aromatic rings. The molecule has 0 bridgehead atoms. The Kier molecular flexibility index (Phi) is 5.48. The minimum atomic E-state index is 0.899. The van der Waals surface area contributed by atoms with Crippen molar-refractivity contribution in [3.63, 3.8) is 0 Å². The molecule has 0 saturated heterocycles. The molecule has 0 aromatic heterocycles. The Balaban J connectivity index is 1.88. The highest BCUT2D eigenvalue weighted by molar-refractivity contribution is 8.16. The minimum absolute atomic E-state index is 0.899. The monoisotopic (exact) mass is 292 g/mol. The Labute approximate surface area is 122 Å². The van der Waals surface area contributed by atoms with Gasteiger partial charge in [-0.2, -0.15) is 0 Å². The van der Waals surface area contributed by atoms with Gasteiger partial charge in [-0.3, -0.25) is 0 Å². The van der Waals surface area contributed by atoms with Gasteiger partial charge in [0.25, 0.3) is 0 Å². The van der Waals surface area contributed by atoms with E-state index in [0.29, 0.717) is 0 Å². The van der Waals surface area contributed by atoms with Crippen molar-refractivity contribution in [2.24, 2.45) is 0 Å². The van der Waals surface area contributed by atoms with Gasteiger partial charge in [0.2, 0.25) is 0 Å². The highest BCUT2D eigenvalue weighted by Gasteiger charge is 1.99. The number of hydrogen-bond acceptors (Lipinski definition) is 4. The molecule has 0 saturated carbocycles. The molecule has 0 fully saturated rings. The van der Waals surface area contributed by atoms with Crippen LogP contribution in [0.4, 0.5) is 0 Å². The van der Waals surface area contributed by atoms with Crippen LogP contribution in [0, 0.1) is 0 Å². The fourth-order valence-electron chi connectivity index (χ4n) is 1.55. The van der Waals surface area contributed by atoms with Gasteiger partial charge in [0.15, 0.2) is 0 Å². The highest BCUT2D eigenvalue weighted by Crippen LogP contribution is 2.30. The van der Waals surface area contributed by atoms with Gasteiger partial charge in [-0.1, -0.05) is 12.1 Å². The zero-order chi connectivity index (χ0) is 13.5. The van der Waals surface area contributed by atoms with Crippen molar-refractivity contribution in [2.45, 2.75) is 9.79 Å². The van der Waals surface area contributed by atoms with Crippen molar-refractivity contribution < 1.29 is 9.47 Å². The topological polar surface area (TPSA) is 18.5 Å². The second-order valence-electron chi connectivity index (χ2n) is 3.76. The summed E-state index contributed by atoms with van der Waals surface area (Å²) in [5.41, 5.74) is 0. The second-order valence-corrected chi connectivity index (χ2v) is 6.23. The lowest BCUT2D eigenvalue weighted by molar-refractivity contribution is 0.413. The maximum Gasteiger partial charge on any atom is 0.119 e. The quantitative estimate of drug-likeness (QED) is 0.574. The summed E-state index contributed by atoms with van der Waals surface area (Å²) in [6.07, 6.45) is 0. The summed E-state index contributed by atoms with van der Waals surface area (Å²) < 4.78 is 10.4. The number of rotatable bonds is 6. The van der Waals surface area contributed by atoms with Crippen molar-refractivity contribution in [2.75, 3.05) is 19.3 Å². The van der Waals surface area contributed by atoms with E-state index in [9.17, 15) is 0 Å². The molecule has 0 aliphatic rings. The van der Waals surface area contributed by atoms with Gasteiger partial charge in [-0.15, -0.1) is 23.5 Å². The summed E-state index contributed by atoms with van der Waals surface area (Å²) >= 11 is 3.60. The number of ether oxygens (including phenoxy) is 2. The third kappa shape index (κ3) is 4.40. The molecule has 0 radical (unpaired) electrons. The molecule has 4 heteroatoms. The van der Waals surface area contributed by atoms with E-state index in [1.165, 1.54) is 9.79 Å². The fraction of sp³-hybridized carbons (Fsp3) is 0.200. The van der Waals surface area contributed by atoms with Crippen LogP contribution >= 0.6 is 23.5 Å². The Bertz CT molecular complexity index is 482. The zero-order valence-electron chi connectivity index (χ0n) is 11.0. The number of benzene rings is 2. The maximum absolute atomic E-state index is 5.21. The van der Waals surface area contributed by atoms with E-state index in [-0.39, 0.29) is 0 Å². The molecule has 19 heavy (non-hydrogen) atoms. The lowest BCUT2D eigenvalue weighted by Gasteiger charge is -2.05. The fourth-order valence-corrected chi connectivity index (χ4v) is 3.62. The number of hydrogen-bond donors (Lipinski definition) is 0. The predicted octanol–water partition coefficient (Wildman–Crippen LogP) is 4.55. The largest absolute Gasteiger partial charge is 0.497 e. The second kappa shape index (κ2) is 7.36. The van der Waals surface area contributed by atoms with Crippen LogP contribution in [0.5, 0.6) is 11.5 Å². The molecule has 2 nitrogen and oxygen atoms in total. The smallest absolute Gasteiger partial charge is 0.119 e. The van der Waals surface area contributed by atoms with Gasteiger partial charge in [0.1, 0.15) is 11.5 Å². The molecule has 0 atom stereocenters. The minimum Gasteiger partial charge on any atom is -0.497 e. The van der Waals surface area contributed by atoms with Crippen molar-refractivity contribution in [3.05, 3.63) is 48.5 Å². The molecule has 0 N–H and O–H groups in total. The molecular formula is C15H16O2S2. The van der Waals surface area contributed by atoms with Crippen LogP contribution < -0.4 is 9.47 Å². The van der Waals surface area contributed by atoms with E-state index in [4.69, 9.17) is 9.47 Å². The van der Waals surface area contributed by atoms with E-state index < -0.39 is 0 Å². The van der Waals surface area contributed by atoms with Gasteiger partial charge >= 0.3 is 0 Å². The van der Waals surface area contributed by atoms with Crippen molar-refractivity contribution >= 4 is 23.5 Å². The summed E-state index contributed by atoms with van der Waals surface area (Å²) in [7, 11) is 3.38. The van der Waals surface area contributed by atoms with Gasteiger partial charge in [0.05, 0.1) is 14.2 Å². The first-order valence-electron chi connectivity index (χ1n) is 5.85. The molecule has 0 unspecified atom stereocenters. The number of methoxy groups -OCH3 is 2. The van der Waals surface area contributed by atoms with Crippen LogP contribution in [0.2, 0.25) is 0 Å². The molecule has 0 amide bonds. The molecule has 0 heterocycles. The summed E-state index contributed by atoms with van der Waals surface area (Å²) in [4.78, 5) is 2.43. The molecule has 0 aliphatic carbocycles. The van der Waals surface area contributed by atoms with Gasteiger partial charge in [-0.05, 0) is 36.4 Å². The molecule has 0 aliphatic heterocycles. The van der Waals surface area contributed by atoms with Gasteiger partial charge in [0, 0.05) is 14.9 Å². The van der Waals surface area contributed by atoms with Crippen molar-refractivity contribution in [3.8, 4) is 11.5 Å². The predicted molar refractivity (Wildman–Crippen MR) is 82.6 cm³/mol. The van der Waals surface area contributed by atoms with Crippen LogP contribution in [0.15, 0.2) is 58.3 Å². The Hall–Kier alpha value is -1.26. The summed E-state index contributed by atoms with van der Waals surface area (Å²) in [6.45, 7) is 0. The molecule has 2 rings (SSSR count).